The molecule has 0 radical (unpaired) electrons. The molecule has 0 unspecified atom stereocenters. The fourth-order valence-corrected chi connectivity index (χ4v) is 3.88. The number of para-hydroxylation sites is 1. The number of aromatic nitrogens is 1. The van der Waals surface area contributed by atoms with Crippen LogP contribution in [-0.2, 0) is 4.74 Å². The molecule has 1 aliphatic rings. The van der Waals surface area contributed by atoms with E-state index in [-0.39, 0.29) is 5.91 Å². The van der Waals surface area contributed by atoms with Crippen molar-refractivity contribution >= 4 is 44.1 Å². The zero-order valence-electron chi connectivity index (χ0n) is 14.5. The maximum Gasteiger partial charge on any atom is 0.273 e. The molecule has 2 heterocycles. The molecule has 5 nitrogen and oxygen atoms in total. The van der Waals surface area contributed by atoms with Crippen molar-refractivity contribution in [2.45, 2.75) is 6.92 Å². The Morgan fingerprint density at radius 3 is 2.69 bits per heavy atom. The number of amides is 1. The molecule has 26 heavy (non-hydrogen) atoms. The molecular formula is C20H20BrN3O2. The maximum absolute atomic E-state index is 12.7. The van der Waals surface area contributed by atoms with Gasteiger partial charge in [0.15, 0.2) is 0 Å². The van der Waals surface area contributed by atoms with E-state index in [2.05, 4.69) is 37.2 Å². The van der Waals surface area contributed by atoms with E-state index in [9.17, 15) is 4.79 Å². The molecule has 0 saturated carbocycles. The monoisotopic (exact) mass is 413 g/mol. The lowest BCUT2D eigenvalue weighted by Gasteiger charge is -2.29. The van der Waals surface area contributed by atoms with Crippen LogP contribution in [0.15, 0.2) is 46.9 Å². The van der Waals surface area contributed by atoms with Crippen molar-refractivity contribution in [3.8, 4) is 0 Å². The average molecular weight is 414 g/mol. The number of morpholine rings is 1. The Morgan fingerprint density at radius 1 is 1.19 bits per heavy atom. The van der Waals surface area contributed by atoms with Gasteiger partial charge in [-0.1, -0.05) is 18.2 Å². The topological polar surface area (TPSA) is 57.4 Å². The third-order valence-electron chi connectivity index (χ3n) is 4.70. The van der Waals surface area contributed by atoms with Crippen LogP contribution in [0.3, 0.4) is 0 Å². The standard InChI is InChI=1S/C20H20BrN3O2/c1-13-12-14(24-8-10-26-11-9-24)6-7-16(13)23-20(25)19-18(21)15-4-2-3-5-17(15)22-19/h2-7,12,22H,8-11H2,1H3,(H,23,25). The number of benzene rings is 2. The van der Waals surface area contributed by atoms with Crippen LogP contribution in [0, 0.1) is 6.92 Å². The Balaban J connectivity index is 1.56. The minimum absolute atomic E-state index is 0.157. The van der Waals surface area contributed by atoms with Gasteiger partial charge in [-0.15, -0.1) is 0 Å². The third-order valence-corrected chi connectivity index (χ3v) is 5.53. The van der Waals surface area contributed by atoms with E-state index < -0.39 is 0 Å². The van der Waals surface area contributed by atoms with E-state index in [1.54, 1.807) is 0 Å². The molecule has 1 fully saturated rings. The van der Waals surface area contributed by atoms with Gasteiger partial charge in [-0.05, 0) is 52.7 Å². The summed E-state index contributed by atoms with van der Waals surface area (Å²) in [5.41, 5.74) is 4.48. The lowest BCUT2D eigenvalue weighted by Crippen LogP contribution is -2.36. The lowest BCUT2D eigenvalue weighted by molar-refractivity contribution is 0.102. The molecule has 2 aromatic carbocycles. The summed E-state index contributed by atoms with van der Waals surface area (Å²) < 4.78 is 6.19. The molecule has 1 aromatic heterocycles. The number of hydrogen-bond donors (Lipinski definition) is 2. The van der Waals surface area contributed by atoms with Crippen LogP contribution in [0.2, 0.25) is 0 Å². The molecule has 1 saturated heterocycles. The molecule has 3 aromatic rings. The largest absolute Gasteiger partial charge is 0.378 e. The Morgan fingerprint density at radius 2 is 1.96 bits per heavy atom. The fourth-order valence-electron chi connectivity index (χ4n) is 3.26. The first-order valence-electron chi connectivity index (χ1n) is 8.64. The summed E-state index contributed by atoms with van der Waals surface area (Å²) in [5, 5.41) is 4.01. The van der Waals surface area contributed by atoms with Gasteiger partial charge in [0.05, 0.1) is 17.7 Å². The van der Waals surface area contributed by atoms with E-state index in [0.717, 1.165) is 58.6 Å². The molecule has 0 spiro atoms. The second kappa shape index (κ2) is 7.13. The van der Waals surface area contributed by atoms with Crippen molar-refractivity contribution in [3.05, 3.63) is 58.2 Å². The van der Waals surface area contributed by atoms with Crippen LogP contribution < -0.4 is 10.2 Å². The van der Waals surface area contributed by atoms with Crippen molar-refractivity contribution in [2.75, 3.05) is 36.5 Å². The van der Waals surface area contributed by atoms with Crippen LogP contribution in [0.5, 0.6) is 0 Å². The number of aryl methyl sites for hydroxylation is 1. The highest BCUT2D eigenvalue weighted by atomic mass is 79.9. The molecule has 1 aliphatic heterocycles. The zero-order valence-corrected chi connectivity index (χ0v) is 16.1. The van der Waals surface area contributed by atoms with Crippen LogP contribution in [0.4, 0.5) is 11.4 Å². The second-order valence-corrected chi connectivity index (χ2v) is 7.21. The summed E-state index contributed by atoms with van der Waals surface area (Å²) in [6.45, 7) is 5.32. The Kier molecular flexibility index (Phi) is 4.70. The Labute approximate surface area is 160 Å². The molecular weight excluding hydrogens is 394 g/mol. The molecule has 0 bridgehead atoms. The first kappa shape index (κ1) is 17.1. The van der Waals surface area contributed by atoms with Gasteiger partial charge in [0.1, 0.15) is 5.69 Å². The maximum atomic E-state index is 12.7. The zero-order chi connectivity index (χ0) is 18.1. The number of fused-ring (bicyclic) bond motifs is 1. The van der Waals surface area contributed by atoms with Gasteiger partial charge >= 0.3 is 0 Å². The van der Waals surface area contributed by atoms with E-state index in [0.29, 0.717) is 5.69 Å². The number of hydrogen-bond acceptors (Lipinski definition) is 3. The summed E-state index contributed by atoms with van der Waals surface area (Å²) in [7, 11) is 0. The highest BCUT2D eigenvalue weighted by molar-refractivity contribution is 9.10. The van der Waals surface area contributed by atoms with Crippen LogP contribution >= 0.6 is 15.9 Å². The molecule has 134 valence electrons. The summed E-state index contributed by atoms with van der Waals surface area (Å²) in [4.78, 5) is 18.2. The molecule has 2 N–H and O–H groups in total. The summed E-state index contributed by atoms with van der Waals surface area (Å²) in [5.74, 6) is -0.157. The predicted octanol–water partition coefficient (Wildman–Crippen LogP) is 4.33. The molecule has 4 rings (SSSR count). The highest BCUT2D eigenvalue weighted by Crippen LogP contribution is 2.29. The minimum atomic E-state index is -0.157. The summed E-state index contributed by atoms with van der Waals surface area (Å²) in [6, 6.07) is 14.0. The predicted molar refractivity (Wildman–Crippen MR) is 108 cm³/mol. The van der Waals surface area contributed by atoms with Crippen molar-refractivity contribution in [1.82, 2.24) is 4.98 Å². The lowest BCUT2D eigenvalue weighted by atomic mass is 10.1. The van der Waals surface area contributed by atoms with Gasteiger partial charge in [-0.3, -0.25) is 4.79 Å². The number of rotatable bonds is 3. The fraction of sp³-hybridized carbons (Fsp3) is 0.250. The van der Waals surface area contributed by atoms with Crippen LogP contribution in [-0.4, -0.2) is 37.2 Å². The number of ether oxygens (including phenoxy) is 1. The third kappa shape index (κ3) is 3.22. The van der Waals surface area contributed by atoms with E-state index in [1.165, 1.54) is 0 Å². The smallest absolute Gasteiger partial charge is 0.273 e. The minimum Gasteiger partial charge on any atom is -0.378 e. The molecule has 0 atom stereocenters. The van der Waals surface area contributed by atoms with Gasteiger partial charge < -0.3 is 19.9 Å². The van der Waals surface area contributed by atoms with Crippen molar-refractivity contribution in [2.24, 2.45) is 0 Å². The number of halogens is 1. The molecule has 1 amide bonds. The number of anilines is 2. The van der Waals surface area contributed by atoms with E-state index >= 15 is 0 Å². The summed E-state index contributed by atoms with van der Waals surface area (Å²) in [6.07, 6.45) is 0. The average Bonchev–Trinajstić information content (AvgIpc) is 3.01. The van der Waals surface area contributed by atoms with Crippen LogP contribution in [0.1, 0.15) is 16.1 Å². The van der Waals surface area contributed by atoms with Gasteiger partial charge in [0.25, 0.3) is 5.91 Å². The Hall–Kier alpha value is -2.31. The van der Waals surface area contributed by atoms with Gasteiger partial charge in [0, 0.05) is 35.4 Å². The highest BCUT2D eigenvalue weighted by Gasteiger charge is 2.17. The number of carbonyl (C=O) groups is 1. The number of nitrogens with zero attached hydrogens (tertiary/aromatic N) is 1. The van der Waals surface area contributed by atoms with Gasteiger partial charge in [-0.25, -0.2) is 0 Å². The number of carbonyl (C=O) groups excluding carboxylic acids is 1. The Bertz CT molecular complexity index is 961. The second-order valence-electron chi connectivity index (χ2n) is 6.41. The normalized spacial score (nSPS) is 14.6. The van der Waals surface area contributed by atoms with E-state index in [4.69, 9.17) is 4.74 Å². The SMILES string of the molecule is Cc1cc(N2CCOCC2)ccc1NC(=O)c1[nH]c2ccccc2c1Br. The van der Waals surface area contributed by atoms with Crippen molar-refractivity contribution in [3.63, 3.8) is 0 Å². The number of aromatic amines is 1. The molecule has 0 aliphatic carbocycles. The number of nitrogens with one attached hydrogen (secondary N) is 2. The van der Waals surface area contributed by atoms with Gasteiger partial charge in [-0.2, -0.15) is 0 Å². The molecule has 6 heteroatoms. The van der Waals surface area contributed by atoms with Crippen molar-refractivity contribution in [1.29, 1.82) is 0 Å². The van der Waals surface area contributed by atoms with E-state index in [1.807, 2.05) is 43.3 Å². The number of H-pyrrole nitrogens is 1. The summed E-state index contributed by atoms with van der Waals surface area (Å²) >= 11 is 3.54. The first-order chi connectivity index (χ1) is 12.6. The van der Waals surface area contributed by atoms with Crippen LogP contribution in [0.25, 0.3) is 10.9 Å². The first-order valence-corrected chi connectivity index (χ1v) is 9.43. The quantitative estimate of drug-likeness (QED) is 0.671. The van der Waals surface area contributed by atoms with Crippen molar-refractivity contribution < 1.29 is 9.53 Å². The van der Waals surface area contributed by atoms with Gasteiger partial charge in [0.2, 0.25) is 0 Å².